The quantitative estimate of drug-likeness (QED) is 0.602. The molecule has 0 saturated carbocycles. The minimum absolute atomic E-state index is 0.0209. The van der Waals surface area contributed by atoms with Gasteiger partial charge in [0, 0.05) is 18.3 Å². The standard InChI is InChI=1S/C24H24N4/c1-15-10-22-19(16(2)13-24(3,4)28(22)5)12-17(15)11-18(14-25)23-26-20-8-6-7-9-21(20)27-23/h6-13H,1-5H3,(H,26,27)/b18-11-. The normalized spacial score (nSPS) is 15.9. The van der Waals surface area contributed by atoms with E-state index in [4.69, 9.17) is 0 Å². The van der Waals surface area contributed by atoms with E-state index in [-0.39, 0.29) is 5.54 Å². The predicted molar refractivity (Wildman–Crippen MR) is 117 cm³/mol. The Labute approximate surface area is 165 Å². The van der Waals surface area contributed by atoms with Crippen LogP contribution in [0.1, 0.15) is 43.3 Å². The van der Waals surface area contributed by atoms with Crippen LogP contribution in [0.25, 0.3) is 28.3 Å². The molecule has 28 heavy (non-hydrogen) atoms. The fourth-order valence-electron chi connectivity index (χ4n) is 3.86. The molecular formula is C24H24N4. The first kappa shape index (κ1) is 18.1. The zero-order chi connectivity index (χ0) is 20.1. The summed E-state index contributed by atoms with van der Waals surface area (Å²) in [6.07, 6.45) is 4.23. The second kappa shape index (κ2) is 6.38. The number of hydrogen-bond donors (Lipinski definition) is 1. The molecule has 1 aliphatic heterocycles. The molecule has 4 rings (SSSR count). The van der Waals surface area contributed by atoms with Crippen molar-refractivity contribution < 1.29 is 0 Å². The molecule has 0 radical (unpaired) electrons. The number of likely N-dealkylation sites (N-methyl/N-ethyl adjacent to an activating group) is 1. The van der Waals surface area contributed by atoms with Gasteiger partial charge in [0.05, 0.1) is 22.1 Å². The minimum atomic E-state index is -0.0209. The summed E-state index contributed by atoms with van der Waals surface area (Å²) in [5.41, 5.74) is 8.18. The van der Waals surface area contributed by atoms with Gasteiger partial charge in [-0.2, -0.15) is 5.26 Å². The van der Waals surface area contributed by atoms with Crippen LogP contribution in [0.3, 0.4) is 0 Å². The third-order valence-electron chi connectivity index (χ3n) is 5.67. The number of nitriles is 1. The highest BCUT2D eigenvalue weighted by Gasteiger charge is 2.28. The Balaban J connectivity index is 1.83. The van der Waals surface area contributed by atoms with Crippen molar-refractivity contribution in [3.05, 3.63) is 65.0 Å². The molecular weight excluding hydrogens is 344 g/mol. The molecule has 1 N–H and O–H groups in total. The van der Waals surface area contributed by atoms with E-state index < -0.39 is 0 Å². The van der Waals surface area contributed by atoms with Gasteiger partial charge >= 0.3 is 0 Å². The van der Waals surface area contributed by atoms with Gasteiger partial charge in [0.25, 0.3) is 0 Å². The highest BCUT2D eigenvalue weighted by atomic mass is 15.2. The van der Waals surface area contributed by atoms with Gasteiger partial charge in [0.15, 0.2) is 0 Å². The highest BCUT2D eigenvalue weighted by molar-refractivity contribution is 5.92. The maximum absolute atomic E-state index is 9.76. The van der Waals surface area contributed by atoms with E-state index in [1.165, 1.54) is 16.8 Å². The Bertz CT molecular complexity index is 1150. The van der Waals surface area contributed by atoms with Crippen LogP contribution in [0, 0.1) is 18.3 Å². The van der Waals surface area contributed by atoms with E-state index in [1.54, 1.807) is 0 Å². The zero-order valence-electron chi connectivity index (χ0n) is 17.0. The minimum Gasteiger partial charge on any atom is -0.365 e. The summed E-state index contributed by atoms with van der Waals surface area (Å²) in [5, 5.41) is 9.76. The topological polar surface area (TPSA) is 55.7 Å². The Morgan fingerprint density at radius 3 is 2.68 bits per heavy atom. The first-order valence-corrected chi connectivity index (χ1v) is 9.45. The van der Waals surface area contributed by atoms with E-state index >= 15 is 0 Å². The number of aromatic amines is 1. The van der Waals surface area contributed by atoms with E-state index in [0.717, 1.165) is 22.2 Å². The number of aryl methyl sites for hydroxylation is 1. The lowest BCUT2D eigenvalue weighted by atomic mass is 9.87. The fraction of sp³-hybridized carbons (Fsp3) is 0.250. The number of nitrogens with zero attached hydrogens (tertiary/aromatic N) is 3. The van der Waals surface area contributed by atoms with Crippen LogP contribution >= 0.6 is 0 Å². The molecule has 1 aromatic heterocycles. The van der Waals surface area contributed by atoms with Gasteiger partial charge in [0.1, 0.15) is 11.9 Å². The van der Waals surface area contributed by atoms with Crippen molar-refractivity contribution in [1.82, 2.24) is 9.97 Å². The average molecular weight is 368 g/mol. The molecule has 0 saturated heterocycles. The van der Waals surface area contributed by atoms with Gasteiger partial charge in [-0.05, 0) is 74.7 Å². The Kier molecular flexibility index (Phi) is 4.12. The Hall–Kier alpha value is -3.32. The lowest BCUT2D eigenvalue weighted by Crippen LogP contribution is -2.42. The highest BCUT2D eigenvalue weighted by Crippen LogP contribution is 2.39. The van der Waals surface area contributed by atoms with E-state index in [0.29, 0.717) is 11.4 Å². The molecule has 140 valence electrons. The number of aromatic nitrogens is 2. The maximum atomic E-state index is 9.76. The van der Waals surface area contributed by atoms with Crippen LogP contribution in [0.15, 0.2) is 42.5 Å². The van der Waals surface area contributed by atoms with Crippen molar-refractivity contribution in [3.63, 3.8) is 0 Å². The summed E-state index contributed by atoms with van der Waals surface area (Å²) in [6.45, 7) is 8.69. The van der Waals surface area contributed by atoms with E-state index in [1.807, 2.05) is 30.3 Å². The van der Waals surface area contributed by atoms with Gasteiger partial charge in [0.2, 0.25) is 0 Å². The first-order chi connectivity index (χ1) is 13.3. The van der Waals surface area contributed by atoms with E-state index in [2.05, 4.69) is 73.9 Å². The smallest absolute Gasteiger partial charge is 0.149 e. The van der Waals surface area contributed by atoms with Crippen LogP contribution in [0.4, 0.5) is 5.69 Å². The second-order valence-corrected chi connectivity index (χ2v) is 8.04. The van der Waals surface area contributed by atoms with Crippen LogP contribution < -0.4 is 4.90 Å². The van der Waals surface area contributed by atoms with Gasteiger partial charge < -0.3 is 9.88 Å². The van der Waals surface area contributed by atoms with Crippen LogP contribution in [-0.2, 0) is 0 Å². The summed E-state index contributed by atoms with van der Waals surface area (Å²) in [6, 6.07) is 14.5. The van der Waals surface area contributed by atoms with Crippen LogP contribution in [0.2, 0.25) is 0 Å². The Morgan fingerprint density at radius 1 is 1.21 bits per heavy atom. The predicted octanol–water partition coefficient (Wildman–Crippen LogP) is 5.57. The van der Waals surface area contributed by atoms with Gasteiger partial charge in [-0.3, -0.25) is 0 Å². The number of H-pyrrole nitrogens is 1. The number of para-hydroxylation sites is 2. The van der Waals surface area contributed by atoms with Gasteiger partial charge in [-0.25, -0.2) is 4.98 Å². The van der Waals surface area contributed by atoms with Crippen molar-refractivity contribution in [1.29, 1.82) is 5.26 Å². The average Bonchev–Trinajstić information content (AvgIpc) is 3.08. The third-order valence-corrected chi connectivity index (χ3v) is 5.67. The molecule has 0 bridgehead atoms. The van der Waals surface area contributed by atoms with Crippen molar-refractivity contribution in [2.24, 2.45) is 0 Å². The SMILES string of the molecule is CC1=CC(C)(C)N(C)c2cc(C)c(/C=C(/C#N)c3nc4ccccc4[nH]3)cc21. The summed E-state index contributed by atoms with van der Waals surface area (Å²) < 4.78 is 0. The maximum Gasteiger partial charge on any atom is 0.149 e. The number of anilines is 1. The largest absolute Gasteiger partial charge is 0.365 e. The summed E-state index contributed by atoms with van der Waals surface area (Å²) >= 11 is 0. The number of imidazole rings is 1. The molecule has 0 atom stereocenters. The summed E-state index contributed by atoms with van der Waals surface area (Å²) in [5.74, 6) is 0.603. The van der Waals surface area contributed by atoms with Gasteiger partial charge in [-0.1, -0.05) is 18.2 Å². The van der Waals surface area contributed by atoms with Crippen molar-refractivity contribution in [2.75, 3.05) is 11.9 Å². The molecule has 0 fully saturated rings. The first-order valence-electron chi connectivity index (χ1n) is 9.45. The van der Waals surface area contributed by atoms with Crippen molar-refractivity contribution >= 4 is 33.9 Å². The molecule has 4 heteroatoms. The lowest BCUT2D eigenvalue weighted by molar-refractivity contribution is 0.597. The summed E-state index contributed by atoms with van der Waals surface area (Å²) in [7, 11) is 2.13. The molecule has 3 aromatic rings. The third kappa shape index (κ3) is 2.90. The second-order valence-electron chi connectivity index (χ2n) is 8.04. The van der Waals surface area contributed by atoms with Gasteiger partial charge in [-0.15, -0.1) is 0 Å². The molecule has 0 aliphatic carbocycles. The fourth-order valence-corrected chi connectivity index (χ4v) is 3.86. The molecule has 4 nitrogen and oxygen atoms in total. The van der Waals surface area contributed by atoms with Crippen LogP contribution in [-0.4, -0.2) is 22.6 Å². The van der Waals surface area contributed by atoms with Crippen molar-refractivity contribution in [3.8, 4) is 6.07 Å². The van der Waals surface area contributed by atoms with Crippen LogP contribution in [0.5, 0.6) is 0 Å². The lowest BCUT2D eigenvalue weighted by Gasteiger charge is -2.41. The Morgan fingerprint density at radius 2 is 1.96 bits per heavy atom. The number of allylic oxidation sites excluding steroid dienone is 2. The summed E-state index contributed by atoms with van der Waals surface area (Å²) in [4.78, 5) is 10.1. The van der Waals surface area contributed by atoms with E-state index in [9.17, 15) is 5.26 Å². The molecule has 2 heterocycles. The molecule has 0 amide bonds. The molecule has 0 unspecified atom stereocenters. The number of benzene rings is 2. The number of rotatable bonds is 2. The number of nitrogens with one attached hydrogen (secondary N) is 1. The zero-order valence-corrected chi connectivity index (χ0v) is 17.0. The number of hydrogen-bond acceptors (Lipinski definition) is 3. The molecule has 1 aliphatic rings. The van der Waals surface area contributed by atoms with Crippen molar-refractivity contribution in [2.45, 2.75) is 33.2 Å². The number of fused-ring (bicyclic) bond motifs is 2. The molecule has 0 spiro atoms. The monoisotopic (exact) mass is 368 g/mol. The molecule has 2 aromatic carbocycles.